The highest BCUT2D eigenvalue weighted by atomic mass is 16.6. The van der Waals surface area contributed by atoms with Crippen LogP contribution in [0.25, 0.3) is 0 Å². The van der Waals surface area contributed by atoms with Crippen LogP contribution in [0.15, 0.2) is 55.1 Å². The predicted molar refractivity (Wildman–Crippen MR) is 106 cm³/mol. The van der Waals surface area contributed by atoms with Gasteiger partial charge in [0.1, 0.15) is 13.2 Å². The van der Waals surface area contributed by atoms with Crippen LogP contribution in [-0.4, -0.2) is 25.0 Å². The molecule has 2 amide bonds. The predicted octanol–water partition coefficient (Wildman–Crippen LogP) is 3.46. The average molecular weight is 378 g/mol. The molecular formula is C22H22N2O4. The summed E-state index contributed by atoms with van der Waals surface area (Å²) < 4.78 is 11.3. The Morgan fingerprint density at radius 3 is 2.61 bits per heavy atom. The first-order valence-corrected chi connectivity index (χ1v) is 9.38. The van der Waals surface area contributed by atoms with Gasteiger partial charge < -0.3 is 20.1 Å². The highest BCUT2D eigenvalue weighted by Crippen LogP contribution is 2.43. The van der Waals surface area contributed by atoms with E-state index in [1.165, 1.54) is 6.08 Å². The Morgan fingerprint density at radius 2 is 1.86 bits per heavy atom. The van der Waals surface area contributed by atoms with Crippen LogP contribution >= 0.6 is 0 Å². The van der Waals surface area contributed by atoms with Gasteiger partial charge in [-0.1, -0.05) is 18.7 Å². The van der Waals surface area contributed by atoms with Crippen molar-refractivity contribution in [3.63, 3.8) is 0 Å². The number of benzene rings is 2. The van der Waals surface area contributed by atoms with Gasteiger partial charge in [0.25, 0.3) is 5.91 Å². The van der Waals surface area contributed by atoms with Crippen molar-refractivity contribution in [3.8, 4) is 11.5 Å². The summed E-state index contributed by atoms with van der Waals surface area (Å²) in [6.07, 6.45) is 3.35. The van der Waals surface area contributed by atoms with Crippen molar-refractivity contribution >= 4 is 17.5 Å². The summed E-state index contributed by atoms with van der Waals surface area (Å²) in [5.74, 6) is 1.38. The third-order valence-electron chi connectivity index (χ3n) is 4.88. The third kappa shape index (κ3) is 4.01. The fourth-order valence-corrected chi connectivity index (χ4v) is 3.31. The van der Waals surface area contributed by atoms with E-state index in [2.05, 4.69) is 17.2 Å². The third-order valence-corrected chi connectivity index (χ3v) is 4.88. The largest absolute Gasteiger partial charge is 0.486 e. The molecule has 2 aromatic carbocycles. The smallest absolute Gasteiger partial charge is 0.251 e. The highest BCUT2D eigenvalue weighted by Gasteiger charge is 2.34. The van der Waals surface area contributed by atoms with E-state index in [0.717, 1.165) is 29.9 Å². The molecule has 6 nitrogen and oxygen atoms in total. The Bertz CT molecular complexity index is 921. The molecule has 0 aromatic heterocycles. The molecule has 2 aromatic rings. The second-order valence-electron chi connectivity index (χ2n) is 6.97. The number of rotatable bonds is 6. The van der Waals surface area contributed by atoms with Crippen LogP contribution in [0.1, 0.15) is 34.8 Å². The number of amides is 2. The lowest BCUT2D eigenvalue weighted by molar-refractivity contribution is -0.111. The summed E-state index contributed by atoms with van der Waals surface area (Å²) in [6.45, 7) is 4.51. The first-order chi connectivity index (χ1) is 13.6. The van der Waals surface area contributed by atoms with Gasteiger partial charge in [-0.3, -0.25) is 9.59 Å². The van der Waals surface area contributed by atoms with E-state index in [4.69, 9.17) is 9.47 Å². The summed E-state index contributed by atoms with van der Waals surface area (Å²) in [4.78, 5) is 24.3. The number of carbonyl (C=O) groups excluding carboxylic acids is 2. The van der Waals surface area contributed by atoms with E-state index in [-0.39, 0.29) is 17.9 Å². The minimum Gasteiger partial charge on any atom is -0.486 e. The van der Waals surface area contributed by atoms with Crippen molar-refractivity contribution in [3.05, 3.63) is 66.2 Å². The van der Waals surface area contributed by atoms with E-state index in [9.17, 15) is 9.59 Å². The Kier molecular flexibility index (Phi) is 5.02. The van der Waals surface area contributed by atoms with Gasteiger partial charge in [0, 0.05) is 11.3 Å². The summed E-state index contributed by atoms with van der Waals surface area (Å²) in [7, 11) is 0. The molecule has 4 rings (SSSR count). The first-order valence-electron chi connectivity index (χ1n) is 9.38. The van der Waals surface area contributed by atoms with Gasteiger partial charge in [-0.25, -0.2) is 0 Å². The van der Waals surface area contributed by atoms with Crippen LogP contribution in [0.5, 0.6) is 11.5 Å². The number of anilines is 1. The quantitative estimate of drug-likeness (QED) is 0.755. The van der Waals surface area contributed by atoms with Crippen molar-refractivity contribution in [1.82, 2.24) is 5.32 Å². The molecule has 6 heteroatoms. The molecule has 1 aliphatic heterocycles. The monoisotopic (exact) mass is 378 g/mol. The maximum absolute atomic E-state index is 12.9. The number of carbonyl (C=O) groups is 2. The Morgan fingerprint density at radius 1 is 1.07 bits per heavy atom. The Balaban J connectivity index is 1.52. The molecule has 1 aliphatic carbocycles. The van der Waals surface area contributed by atoms with Crippen LogP contribution < -0.4 is 20.1 Å². The van der Waals surface area contributed by atoms with Gasteiger partial charge in [0.15, 0.2) is 11.5 Å². The Labute approximate surface area is 163 Å². The summed E-state index contributed by atoms with van der Waals surface area (Å²) >= 11 is 0. The van der Waals surface area contributed by atoms with Gasteiger partial charge in [0.05, 0.1) is 6.04 Å². The van der Waals surface area contributed by atoms with Crippen LogP contribution in [-0.2, 0) is 4.79 Å². The van der Waals surface area contributed by atoms with Crippen molar-refractivity contribution in [2.75, 3.05) is 18.5 Å². The molecular weight excluding hydrogens is 356 g/mol. The SMILES string of the molecule is C=CC(=O)Nc1cccc(C(=O)NC(c2ccc3c(c2)OCCO3)C2CC2)c1. The molecule has 144 valence electrons. The van der Waals surface area contributed by atoms with E-state index in [1.54, 1.807) is 24.3 Å². The molecule has 0 saturated heterocycles. The lowest BCUT2D eigenvalue weighted by Gasteiger charge is -2.23. The van der Waals surface area contributed by atoms with E-state index >= 15 is 0 Å². The van der Waals surface area contributed by atoms with E-state index in [1.807, 2.05) is 18.2 Å². The van der Waals surface area contributed by atoms with Crippen molar-refractivity contribution in [2.45, 2.75) is 18.9 Å². The zero-order chi connectivity index (χ0) is 19.5. The Hall–Kier alpha value is -3.28. The van der Waals surface area contributed by atoms with Gasteiger partial charge in [-0.05, 0) is 60.7 Å². The summed E-state index contributed by atoms with van der Waals surface area (Å²) in [6, 6.07) is 12.6. The van der Waals surface area contributed by atoms with E-state index in [0.29, 0.717) is 30.4 Å². The molecule has 0 radical (unpaired) electrons. The van der Waals surface area contributed by atoms with Crippen LogP contribution in [0.4, 0.5) is 5.69 Å². The molecule has 0 spiro atoms. The molecule has 1 heterocycles. The van der Waals surface area contributed by atoms with Gasteiger partial charge >= 0.3 is 0 Å². The van der Waals surface area contributed by atoms with Crippen LogP contribution in [0.2, 0.25) is 0 Å². The average Bonchev–Trinajstić information content (AvgIpc) is 3.56. The second-order valence-corrected chi connectivity index (χ2v) is 6.97. The molecule has 1 fully saturated rings. The number of hydrogen-bond acceptors (Lipinski definition) is 4. The number of fused-ring (bicyclic) bond motifs is 1. The lowest BCUT2D eigenvalue weighted by Crippen LogP contribution is -2.30. The second kappa shape index (κ2) is 7.76. The number of hydrogen-bond donors (Lipinski definition) is 2. The van der Waals surface area contributed by atoms with Crippen LogP contribution in [0.3, 0.4) is 0 Å². The highest BCUT2D eigenvalue weighted by molar-refractivity contribution is 6.00. The van der Waals surface area contributed by atoms with Crippen molar-refractivity contribution in [2.24, 2.45) is 5.92 Å². The standard InChI is InChI=1S/C22H22N2O4/c1-2-20(25)23-17-5-3-4-16(12-17)22(26)24-21(14-6-7-14)15-8-9-18-19(13-15)28-11-10-27-18/h2-5,8-9,12-14,21H,1,6-7,10-11H2,(H,23,25)(H,24,26). The minimum absolute atomic E-state index is 0.0882. The molecule has 2 N–H and O–H groups in total. The van der Waals surface area contributed by atoms with Crippen molar-refractivity contribution in [1.29, 1.82) is 0 Å². The number of ether oxygens (including phenoxy) is 2. The molecule has 1 saturated carbocycles. The van der Waals surface area contributed by atoms with Gasteiger partial charge in [-0.2, -0.15) is 0 Å². The first kappa shape index (κ1) is 18.1. The fourth-order valence-electron chi connectivity index (χ4n) is 3.31. The molecule has 1 atom stereocenters. The zero-order valence-electron chi connectivity index (χ0n) is 15.4. The molecule has 2 aliphatic rings. The van der Waals surface area contributed by atoms with Crippen molar-refractivity contribution < 1.29 is 19.1 Å². The number of nitrogens with one attached hydrogen (secondary N) is 2. The maximum Gasteiger partial charge on any atom is 0.251 e. The normalized spacial score (nSPS) is 16.0. The summed E-state index contributed by atoms with van der Waals surface area (Å²) in [5.41, 5.74) is 2.06. The molecule has 1 unspecified atom stereocenters. The summed E-state index contributed by atoms with van der Waals surface area (Å²) in [5, 5.41) is 5.82. The van der Waals surface area contributed by atoms with Gasteiger partial charge in [-0.15, -0.1) is 0 Å². The molecule has 0 bridgehead atoms. The topological polar surface area (TPSA) is 76.7 Å². The van der Waals surface area contributed by atoms with Crippen LogP contribution in [0, 0.1) is 5.92 Å². The minimum atomic E-state index is -0.315. The maximum atomic E-state index is 12.9. The lowest BCUT2D eigenvalue weighted by atomic mass is 10.0. The molecule has 28 heavy (non-hydrogen) atoms. The fraction of sp³-hybridized carbons (Fsp3) is 0.273. The van der Waals surface area contributed by atoms with E-state index < -0.39 is 0 Å². The zero-order valence-corrected chi connectivity index (χ0v) is 15.4. The van der Waals surface area contributed by atoms with Gasteiger partial charge in [0.2, 0.25) is 5.91 Å².